The number of nitrogens with one attached hydrogen (secondary N) is 1. The first-order chi connectivity index (χ1) is 6.58. The van der Waals surface area contributed by atoms with E-state index < -0.39 is 0 Å². The van der Waals surface area contributed by atoms with Gasteiger partial charge in [0.05, 0.1) is 0 Å². The molecule has 4 heteroatoms. The molecule has 1 fully saturated rings. The van der Waals surface area contributed by atoms with Gasteiger partial charge in [0, 0.05) is 26.6 Å². The van der Waals surface area contributed by atoms with E-state index in [0.717, 1.165) is 19.4 Å². The Kier molecular flexibility index (Phi) is 4.35. The molecule has 1 saturated carbocycles. The van der Waals surface area contributed by atoms with Gasteiger partial charge in [-0.05, 0) is 31.6 Å². The van der Waals surface area contributed by atoms with Gasteiger partial charge in [0.15, 0.2) is 0 Å². The lowest BCUT2D eigenvalue weighted by atomic mass is 9.86. The Morgan fingerprint density at radius 1 is 1.43 bits per heavy atom. The van der Waals surface area contributed by atoms with Gasteiger partial charge in [-0.2, -0.15) is 0 Å². The van der Waals surface area contributed by atoms with E-state index in [2.05, 4.69) is 5.32 Å². The molecule has 1 aliphatic rings. The van der Waals surface area contributed by atoms with Crippen molar-refractivity contribution in [3.05, 3.63) is 0 Å². The Labute approximate surface area is 85.8 Å². The van der Waals surface area contributed by atoms with Gasteiger partial charge in [0.1, 0.15) is 0 Å². The Morgan fingerprint density at radius 2 is 2.00 bits per heavy atom. The van der Waals surface area contributed by atoms with Crippen molar-refractivity contribution in [2.45, 2.75) is 38.6 Å². The van der Waals surface area contributed by atoms with Crippen molar-refractivity contribution < 1.29 is 4.79 Å². The third kappa shape index (κ3) is 4.07. The molecule has 1 aliphatic carbocycles. The summed E-state index contributed by atoms with van der Waals surface area (Å²) in [6, 6.07) is 0.395. The van der Waals surface area contributed by atoms with Gasteiger partial charge in [0.2, 0.25) is 5.91 Å². The average Bonchev–Trinajstić information content (AvgIpc) is 2.06. The van der Waals surface area contributed by atoms with Crippen LogP contribution < -0.4 is 11.2 Å². The van der Waals surface area contributed by atoms with Gasteiger partial charge in [-0.3, -0.25) is 10.6 Å². The number of carbonyl (C=O) groups excluding carboxylic acids is 1. The average molecular weight is 199 g/mol. The van der Waals surface area contributed by atoms with E-state index in [4.69, 9.17) is 5.84 Å². The molecule has 14 heavy (non-hydrogen) atoms. The third-order valence-corrected chi connectivity index (χ3v) is 2.80. The fraction of sp³-hybridized carbons (Fsp3) is 0.900. The van der Waals surface area contributed by atoms with Crippen LogP contribution in [0.25, 0.3) is 0 Å². The number of rotatable bonds is 3. The summed E-state index contributed by atoms with van der Waals surface area (Å²) in [5.74, 6) is 6.39. The number of nitrogens with two attached hydrogens (primary N) is 1. The molecule has 0 aliphatic heterocycles. The zero-order valence-electron chi connectivity index (χ0n) is 9.12. The van der Waals surface area contributed by atoms with Gasteiger partial charge in [-0.1, -0.05) is 0 Å². The van der Waals surface area contributed by atoms with Crippen LogP contribution in [-0.4, -0.2) is 30.6 Å². The van der Waals surface area contributed by atoms with Crippen LogP contribution in [-0.2, 0) is 4.79 Å². The maximum absolute atomic E-state index is 10.8. The molecule has 0 saturated heterocycles. The number of hydrazine groups is 1. The van der Waals surface area contributed by atoms with E-state index in [1.807, 2.05) is 7.05 Å². The molecule has 0 heterocycles. The predicted octanol–water partition coefficient (Wildman–Crippen LogP) is 0.487. The van der Waals surface area contributed by atoms with Crippen LogP contribution in [0.2, 0.25) is 0 Å². The fourth-order valence-corrected chi connectivity index (χ4v) is 2.18. The topological polar surface area (TPSA) is 58.4 Å². The number of nitrogens with zero attached hydrogens (tertiary/aromatic N) is 1. The third-order valence-electron chi connectivity index (χ3n) is 2.80. The zero-order valence-corrected chi connectivity index (χ0v) is 9.12. The highest BCUT2D eigenvalue weighted by Crippen LogP contribution is 2.24. The zero-order chi connectivity index (χ0) is 10.6. The van der Waals surface area contributed by atoms with Crippen molar-refractivity contribution in [3.63, 3.8) is 0 Å². The summed E-state index contributed by atoms with van der Waals surface area (Å²) in [5, 5.41) is 4.73. The molecule has 0 atom stereocenters. The fourth-order valence-electron chi connectivity index (χ4n) is 2.18. The lowest BCUT2D eigenvalue weighted by molar-refractivity contribution is -0.119. The summed E-state index contributed by atoms with van der Waals surface area (Å²) >= 11 is 0. The Balaban J connectivity index is 2.21. The summed E-state index contributed by atoms with van der Waals surface area (Å²) in [6.45, 7) is 2.55. The monoisotopic (exact) mass is 199 g/mol. The van der Waals surface area contributed by atoms with Crippen molar-refractivity contribution in [3.8, 4) is 0 Å². The second-order valence-corrected chi connectivity index (χ2v) is 4.36. The molecule has 4 nitrogen and oxygen atoms in total. The molecule has 0 bridgehead atoms. The molecule has 0 aromatic carbocycles. The highest BCUT2D eigenvalue weighted by atomic mass is 16.1. The summed E-state index contributed by atoms with van der Waals surface area (Å²) < 4.78 is 0. The van der Waals surface area contributed by atoms with E-state index in [1.54, 1.807) is 11.9 Å². The van der Waals surface area contributed by atoms with Gasteiger partial charge >= 0.3 is 0 Å². The van der Waals surface area contributed by atoms with Gasteiger partial charge in [-0.15, -0.1) is 0 Å². The van der Waals surface area contributed by atoms with E-state index in [0.29, 0.717) is 12.0 Å². The van der Waals surface area contributed by atoms with Gasteiger partial charge in [0.25, 0.3) is 0 Å². The predicted molar refractivity (Wildman–Crippen MR) is 56.4 cm³/mol. The number of amides is 1. The number of hydrogen-bond acceptors (Lipinski definition) is 3. The highest BCUT2D eigenvalue weighted by molar-refractivity contribution is 5.73. The van der Waals surface area contributed by atoms with Crippen molar-refractivity contribution >= 4 is 5.91 Å². The molecule has 1 amide bonds. The summed E-state index contributed by atoms with van der Waals surface area (Å²) in [7, 11) is 1.90. The maximum Gasteiger partial charge on any atom is 0.217 e. The molecular formula is C10H21N3O. The van der Waals surface area contributed by atoms with Crippen molar-refractivity contribution in [2.75, 3.05) is 13.6 Å². The van der Waals surface area contributed by atoms with Crippen LogP contribution in [0.4, 0.5) is 0 Å². The SMILES string of the molecule is CC(=O)NC1CCC(CN(C)N)CC1. The molecule has 3 N–H and O–H groups in total. The summed E-state index contributed by atoms with van der Waals surface area (Å²) in [6.07, 6.45) is 4.54. The van der Waals surface area contributed by atoms with Crippen LogP contribution in [0.1, 0.15) is 32.6 Å². The smallest absolute Gasteiger partial charge is 0.217 e. The van der Waals surface area contributed by atoms with Gasteiger partial charge < -0.3 is 5.32 Å². The molecule has 1 rings (SSSR count). The Bertz CT molecular complexity index is 186. The highest BCUT2D eigenvalue weighted by Gasteiger charge is 2.21. The van der Waals surface area contributed by atoms with E-state index in [9.17, 15) is 4.79 Å². The standard InChI is InChI=1S/C10H21N3O/c1-8(14)12-10-5-3-9(4-6-10)7-13(2)11/h9-10H,3-7,11H2,1-2H3,(H,12,14). The molecule has 82 valence electrons. The molecule has 0 unspecified atom stereocenters. The molecule has 0 radical (unpaired) electrons. The van der Waals surface area contributed by atoms with Gasteiger partial charge in [-0.25, -0.2) is 5.01 Å². The minimum atomic E-state index is 0.0874. The second-order valence-electron chi connectivity index (χ2n) is 4.36. The lowest BCUT2D eigenvalue weighted by Crippen LogP contribution is -2.39. The molecule has 0 aromatic heterocycles. The van der Waals surface area contributed by atoms with Crippen LogP contribution in [0.3, 0.4) is 0 Å². The molecule has 0 aromatic rings. The number of carbonyl (C=O) groups is 1. The Morgan fingerprint density at radius 3 is 2.43 bits per heavy atom. The lowest BCUT2D eigenvalue weighted by Gasteiger charge is -2.30. The molecule has 0 spiro atoms. The first kappa shape index (κ1) is 11.5. The summed E-state index contributed by atoms with van der Waals surface area (Å²) in [4.78, 5) is 10.8. The van der Waals surface area contributed by atoms with E-state index in [1.165, 1.54) is 12.8 Å². The van der Waals surface area contributed by atoms with E-state index >= 15 is 0 Å². The van der Waals surface area contributed by atoms with Crippen molar-refractivity contribution in [1.29, 1.82) is 0 Å². The summed E-state index contributed by atoms with van der Waals surface area (Å²) in [5.41, 5.74) is 0. The number of hydrogen-bond donors (Lipinski definition) is 2. The van der Waals surface area contributed by atoms with Crippen molar-refractivity contribution in [1.82, 2.24) is 10.3 Å². The van der Waals surface area contributed by atoms with Crippen LogP contribution in [0.5, 0.6) is 0 Å². The maximum atomic E-state index is 10.8. The minimum Gasteiger partial charge on any atom is -0.354 e. The largest absolute Gasteiger partial charge is 0.354 e. The second kappa shape index (κ2) is 5.32. The molecular weight excluding hydrogens is 178 g/mol. The minimum absolute atomic E-state index is 0.0874. The van der Waals surface area contributed by atoms with Crippen molar-refractivity contribution in [2.24, 2.45) is 11.8 Å². The van der Waals surface area contributed by atoms with E-state index in [-0.39, 0.29) is 5.91 Å². The first-order valence-corrected chi connectivity index (χ1v) is 5.31. The Hall–Kier alpha value is -0.610. The van der Waals surface area contributed by atoms with Crippen LogP contribution in [0, 0.1) is 5.92 Å². The first-order valence-electron chi connectivity index (χ1n) is 5.31. The van der Waals surface area contributed by atoms with Crippen LogP contribution in [0.15, 0.2) is 0 Å². The normalized spacial score (nSPS) is 27.7. The van der Waals surface area contributed by atoms with Crippen LogP contribution >= 0.6 is 0 Å². The quantitative estimate of drug-likeness (QED) is 0.513.